The molecule has 1 N–H and O–H groups in total. The van der Waals surface area contributed by atoms with Crippen molar-refractivity contribution < 1.29 is 0 Å². The first kappa shape index (κ1) is 14.8. The molecule has 2 rings (SSSR count). The zero-order valence-corrected chi connectivity index (χ0v) is 13.7. The normalized spacial score (nSPS) is 15.8. The van der Waals surface area contributed by atoms with Crippen molar-refractivity contribution in [2.75, 3.05) is 25.0 Å². The molecule has 1 aromatic heterocycles. The van der Waals surface area contributed by atoms with E-state index in [1.54, 1.807) is 0 Å². The van der Waals surface area contributed by atoms with Gasteiger partial charge in [0.15, 0.2) is 5.13 Å². The van der Waals surface area contributed by atoms with E-state index in [2.05, 4.69) is 45.0 Å². The van der Waals surface area contributed by atoms with Crippen LogP contribution in [0.5, 0.6) is 0 Å². The lowest BCUT2D eigenvalue weighted by molar-refractivity contribution is 0.560. The van der Waals surface area contributed by atoms with Gasteiger partial charge in [0.05, 0.1) is 5.69 Å². The smallest absolute Gasteiger partial charge is 0.185 e. The van der Waals surface area contributed by atoms with E-state index in [0.29, 0.717) is 0 Å². The minimum absolute atomic E-state index is 0.125. The molecule has 108 valence electrons. The maximum atomic E-state index is 4.92. The molecule has 0 spiro atoms. The molecule has 0 amide bonds. The van der Waals surface area contributed by atoms with Gasteiger partial charge in [-0.3, -0.25) is 0 Å². The molecule has 0 saturated heterocycles. The quantitative estimate of drug-likeness (QED) is 0.866. The highest BCUT2D eigenvalue weighted by molar-refractivity contribution is 7.15. The number of aromatic nitrogens is 1. The lowest BCUT2D eigenvalue weighted by Crippen LogP contribution is -2.21. The lowest BCUT2D eigenvalue weighted by Gasteiger charge is -2.18. The molecule has 0 bridgehead atoms. The first-order valence-corrected chi connectivity index (χ1v) is 8.15. The van der Waals surface area contributed by atoms with Crippen molar-refractivity contribution >= 4 is 16.5 Å². The van der Waals surface area contributed by atoms with Gasteiger partial charge < -0.3 is 10.2 Å². The van der Waals surface area contributed by atoms with Crippen LogP contribution in [0.1, 0.15) is 51.1 Å². The Morgan fingerprint density at radius 1 is 1.37 bits per heavy atom. The third kappa shape index (κ3) is 3.93. The van der Waals surface area contributed by atoms with Crippen LogP contribution in [0.15, 0.2) is 0 Å². The van der Waals surface area contributed by atoms with Gasteiger partial charge in [0.2, 0.25) is 0 Å². The summed E-state index contributed by atoms with van der Waals surface area (Å²) in [5, 5.41) is 4.62. The zero-order valence-electron chi connectivity index (χ0n) is 12.9. The van der Waals surface area contributed by atoms with Crippen molar-refractivity contribution in [2.24, 2.45) is 5.92 Å². The third-order valence-electron chi connectivity index (χ3n) is 3.49. The van der Waals surface area contributed by atoms with Crippen LogP contribution in [-0.4, -0.2) is 25.1 Å². The molecular formula is C15H27N3S. The van der Waals surface area contributed by atoms with Crippen LogP contribution in [-0.2, 0) is 12.0 Å². The van der Waals surface area contributed by atoms with E-state index in [0.717, 1.165) is 25.6 Å². The van der Waals surface area contributed by atoms with Gasteiger partial charge in [0, 0.05) is 30.4 Å². The molecule has 19 heavy (non-hydrogen) atoms. The largest absolute Gasteiger partial charge is 0.351 e. The number of nitrogens with zero attached hydrogens (tertiary/aromatic N) is 2. The Balaban J connectivity index is 2.17. The lowest BCUT2D eigenvalue weighted by atomic mass is 9.91. The second-order valence-corrected chi connectivity index (χ2v) is 7.68. The fourth-order valence-electron chi connectivity index (χ4n) is 2.21. The Hall–Kier alpha value is -0.610. The van der Waals surface area contributed by atoms with Crippen LogP contribution in [0, 0.1) is 5.92 Å². The molecule has 1 fully saturated rings. The average molecular weight is 281 g/mol. The number of hydrogen-bond acceptors (Lipinski definition) is 4. The molecule has 0 aliphatic heterocycles. The van der Waals surface area contributed by atoms with E-state index in [4.69, 9.17) is 4.98 Å². The second-order valence-electron chi connectivity index (χ2n) is 6.62. The Bertz CT molecular complexity index is 416. The van der Waals surface area contributed by atoms with E-state index in [1.807, 2.05) is 11.3 Å². The van der Waals surface area contributed by atoms with Gasteiger partial charge in [-0.15, -0.1) is 11.3 Å². The number of nitrogens with one attached hydrogen (secondary N) is 1. The minimum atomic E-state index is 0.125. The number of rotatable bonds is 6. The molecule has 0 aromatic carbocycles. The van der Waals surface area contributed by atoms with Crippen molar-refractivity contribution in [1.29, 1.82) is 0 Å². The summed E-state index contributed by atoms with van der Waals surface area (Å²) >= 11 is 1.86. The monoisotopic (exact) mass is 281 g/mol. The van der Waals surface area contributed by atoms with E-state index in [-0.39, 0.29) is 5.41 Å². The summed E-state index contributed by atoms with van der Waals surface area (Å²) in [6.45, 7) is 12.0. The minimum Gasteiger partial charge on any atom is -0.351 e. The van der Waals surface area contributed by atoms with Crippen molar-refractivity contribution in [1.82, 2.24) is 10.3 Å². The molecule has 1 saturated carbocycles. The first-order valence-electron chi connectivity index (χ1n) is 7.34. The molecule has 4 heteroatoms. The van der Waals surface area contributed by atoms with Crippen molar-refractivity contribution in [2.45, 2.75) is 52.5 Å². The summed E-state index contributed by atoms with van der Waals surface area (Å²) in [4.78, 5) is 8.66. The summed E-state index contributed by atoms with van der Waals surface area (Å²) in [6.07, 6.45) is 2.79. The molecular weight excluding hydrogens is 254 g/mol. The van der Waals surface area contributed by atoms with Gasteiger partial charge >= 0.3 is 0 Å². The highest BCUT2D eigenvalue weighted by Crippen LogP contribution is 2.36. The van der Waals surface area contributed by atoms with Gasteiger partial charge in [-0.25, -0.2) is 4.98 Å². The number of thiazole rings is 1. The first-order chi connectivity index (χ1) is 8.91. The van der Waals surface area contributed by atoms with Gasteiger partial charge in [0.25, 0.3) is 0 Å². The molecule has 0 radical (unpaired) electrons. The summed E-state index contributed by atoms with van der Waals surface area (Å²) < 4.78 is 0. The van der Waals surface area contributed by atoms with Crippen LogP contribution in [0.2, 0.25) is 0 Å². The Morgan fingerprint density at radius 2 is 2.05 bits per heavy atom. The van der Waals surface area contributed by atoms with Crippen LogP contribution >= 0.6 is 11.3 Å². The van der Waals surface area contributed by atoms with Gasteiger partial charge in [0.1, 0.15) is 0 Å². The standard InChI is InChI=1S/C15H27N3S/c1-6-16-9-12-13(15(2,3)4)17-14(19-12)18(5)10-11-7-8-11/h11,16H,6-10H2,1-5H3. The van der Waals surface area contributed by atoms with Crippen LogP contribution in [0.25, 0.3) is 0 Å². The van der Waals surface area contributed by atoms with Crippen LogP contribution < -0.4 is 10.2 Å². The van der Waals surface area contributed by atoms with Crippen LogP contribution in [0.4, 0.5) is 5.13 Å². The zero-order chi connectivity index (χ0) is 14.0. The van der Waals surface area contributed by atoms with E-state index >= 15 is 0 Å². The number of hydrogen-bond donors (Lipinski definition) is 1. The molecule has 3 nitrogen and oxygen atoms in total. The molecule has 1 aromatic rings. The second kappa shape index (κ2) is 5.80. The SMILES string of the molecule is CCNCc1sc(N(C)CC2CC2)nc1C(C)(C)C. The van der Waals surface area contributed by atoms with Crippen molar-refractivity contribution in [3.63, 3.8) is 0 Å². The maximum Gasteiger partial charge on any atom is 0.185 e. The van der Waals surface area contributed by atoms with Crippen LogP contribution in [0.3, 0.4) is 0 Å². The fraction of sp³-hybridized carbons (Fsp3) is 0.800. The van der Waals surface area contributed by atoms with E-state index in [9.17, 15) is 0 Å². The highest BCUT2D eigenvalue weighted by Gasteiger charge is 2.27. The molecule has 1 aliphatic carbocycles. The molecule has 0 atom stereocenters. The highest BCUT2D eigenvalue weighted by atomic mass is 32.1. The predicted octanol–water partition coefficient (Wildman–Crippen LogP) is 3.40. The van der Waals surface area contributed by atoms with Gasteiger partial charge in [-0.2, -0.15) is 0 Å². The number of anilines is 1. The molecule has 0 unspecified atom stereocenters. The third-order valence-corrected chi connectivity index (χ3v) is 4.66. The van der Waals surface area contributed by atoms with Crippen molar-refractivity contribution in [3.05, 3.63) is 10.6 Å². The van der Waals surface area contributed by atoms with E-state index < -0.39 is 0 Å². The average Bonchev–Trinajstić information content (AvgIpc) is 3.01. The maximum absolute atomic E-state index is 4.92. The topological polar surface area (TPSA) is 28.2 Å². The summed E-state index contributed by atoms with van der Waals surface area (Å²) in [7, 11) is 2.18. The Labute approximate surface area is 121 Å². The Kier molecular flexibility index (Phi) is 4.51. The fourth-order valence-corrected chi connectivity index (χ4v) is 3.42. The van der Waals surface area contributed by atoms with Gasteiger partial charge in [-0.1, -0.05) is 27.7 Å². The van der Waals surface area contributed by atoms with E-state index in [1.165, 1.54) is 28.5 Å². The summed E-state index contributed by atoms with van der Waals surface area (Å²) in [5.41, 5.74) is 1.39. The summed E-state index contributed by atoms with van der Waals surface area (Å²) in [5.74, 6) is 0.907. The predicted molar refractivity (Wildman–Crippen MR) is 84.2 cm³/mol. The van der Waals surface area contributed by atoms with Crippen molar-refractivity contribution in [3.8, 4) is 0 Å². The summed E-state index contributed by atoms with van der Waals surface area (Å²) in [6, 6.07) is 0. The Morgan fingerprint density at radius 3 is 2.58 bits per heavy atom. The van der Waals surface area contributed by atoms with Gasteiger partial charge in [-0.05, 0) is 25.3 Å². The molecule has 1 aliphatic rings. The molecule has 1 heterocycles.